The van der Waals surface area contributed by atoms with E-state index in [1.807, 2.05) is 6.92 Å². The van der Waals surface area contributed by atoms with E-state index in [1.165, 1.54) is 4.72 Å². The van der Waals surface area contributed by atoms with Crippen molar-refractivity contribution in [3.63, 3.8) is 0 Å². The minimum Gasteiger partial charge on any atom is -0.337 e. The number of carbonyl (C=O) groups excluding carboxylic acids is 1. The molecule has 0 aliphatic carbocycles. The van der Waals surface area contributed by atoms with Crippen LogP contribution in [-0.2, 0) is 26.2 Å². The number of nitrogens with one attached hydrogen (secondary N) is 2. The van der Waals surface area contributed by atoms with Crippen molar-refractivity contribution < 1.29 is 34.8 Å². The van der Waals surface area contributed by atoms with Gasteiger partial charge < -0.3 is 5.32 Å². The summed E-state index contributed by atoms with van der Waals surface area (Å²) in [5, 5.41) is 2.22. The second-order valence-corrected chi connectivity index (χ2v) is 9.43. The second-order valence-electron chi connectivity index (χ2n) is 5.66. The van der Waals surface area contributed by atoms with Crippen molar-refractivity contribution in [1.29, 1.82) is 0 Å². The maximum atomic E-state index is 13.0. The molecular formula is C14H20F3N3O5S2. The minimum absolute atomic E-state index is 0.142. The molecule has 0 saturated heterocycles. The van der Waals surface area contributed by atoms with Crippen molar-refractivity contribution in [2.24, 2.45) is 0 Å². The third-order valence-corrected chi connectivity index (χ3v) is 6.74. The molecule has 0 radical (unpaired) electrons. The number of sulfonamides is 2. The average molecular weight is 431 g/mol. The molecule has 0 saturated carbocycles. The lowest BCUT2D eigenvalue weighted by Crippen LogP contribution is -2.40. The molecule has 2 amide bonds. The number of amides is 2. The molecule has 0 unspecified atom stereocenters. The van der Waals surface area contributed by atoms with E-state index >= 15 is 0 Å². The van der Waals surface area contributed by atoms with Gasteiger partial charge in [0.25, 0.3) is 10.0 Å². The first kappa shape index (κ1) is 23.2. The standard InChI is InChI=1S/C14H20F3N3O5S2/c1-4-5-8-18-13(21)19-26(22,23)12-9-10(14(15,16)17)6-7-11(12)27(24,25)20(2)3/h6-7,9H,4-5,8H2,1-3H3,(H2,18,19,21). The van der Waals surface area contributed by atoms with Crippen LogP contribution in [-0.4, -0.2) is 47.8 Å². The molecule has 8 nitrogen and oxygen atoms in total. The van der Waals surface area contributed by atoms with Crippen LogP contribution >= 0.6 is 0 Å². The van der Waals surface area contributed by atoms with E-state index < -0.39 is 47.6 Å². The van der Waals surface area contributed by atoms with Gasteiger partial charge in [-0.2, -0.15) is 13.2 Å². The van der Waals surface area contributed by atoms with Gasteiger partial charge in [0, 0.05) is 20.6 Å². The molecule has 0 atom stereocenters. The van der Waals surface area contributed by atoms with Crippen LogP contribution < -0.4 is 10.0 Å². The van der Waals surface area contributed by atoms with Crippen molar-refractivity contribution >= 4 is 26.1 Å². The predicted octanol–water partition coefficient (Wildman–Crippen LogP) is 1.74. The van der Waals surface area contributed by atoms with E-state index in [-0.39, 0.29) is 12.6 Å². The van der Waals surface area contributed by atoms with Gasteiger partial charge in [-0.25, -0.2) is 30.7 Å². The number of nitrogens with zero attached hydrogens (tertiary/aromatic N) is 1. The van der Waals surface area contributed by atoms with Gasteiger partial charge in [-0.1, -0.05) is 13.3 Å². The van der Waals surface area contributed by atoms with Gasteiger partial charge in [-0.3, -0.25) is 0 Å². The van der Waals surface area contributed by atoms with Gasteiger partial charge >= 0.3 is 12.2 Å². The Kier molecular flexibility index (Phi) is 7.24. The number of carbonyl (C=O) groups is 1. The number of benzene rings is 1. The normalized spacial score (nSPS) is 12.9. The molecular weight excluding hydrogens is 411 g/mol. The lowest BCUT2D eigenvalue weighted by Gasteiger charge is -2.17. The molecule has 0 aliphatic rings. The number of rotatable bonds is 7. The summed E-state index contributed by atoms with van der Waals surface area (Å²) in [5.74, 6) is 0. The van der Waals surface area contributed by atoms with Crippen LogP contribution in [0.4, 0.5) is 18.0 Å². The fourth-order valence-corrected chi connectivity index (χ4v) is 4.53. The number of unbranched alkanes of at least 4 members (excludes halogenated alkanes) is 1. The molecule has 154 valence electrons. The summed E-state index contributed by atoms with van der Waals surface area (Å²) < 4.78 is 90.5. The third kappa shape index (κ3) is 5.81. The van der Waals surface area contributed by atoms with Crippen molar-refractivity contribution in [2.75, 3.05) is 20.6 Å². The lowest BCUT2D eigenvalue weighted by atomic mass is 10.2. The topological polar surface area (TPSA) is 113 Å². The Morgan fingerprint density at radius 1 is 1.11 bits per heavy atom. The molecule has 0 aromatic heterocycles. The van der Waals surface area contributed by atoms with Crippen LogP contribution in [0.3, 0.4) is 0 Å². The van der Waals surface area contributed by atoms with Crippen LogP contribution in [0.15, 0.2) is 28.0 Å². The van der Waals surface area contributed by atoms with E-state index in [0.717, 1.165) is 14.1 Å². The predicted molar refractivity (Wildman–Crippen MR) is 90.9 cm³/mol. The lowest BCUT2D eigenvalue weighted by molar-refractivity contribution is -0.137. The molecule has 0 spiro atoms. The maximum Gasteiger partial charge on any atom is 0.416 e. The summed E-state index contributed by atoms with van der Waals surface area (Å²) >= 11 is 0. The molecule has 13 heteroatoms. The highest BCUT2D eigenvalue weighted by molar-refractivity contribution is 7.92. The molecule has 1 rings (SSSR count). The van der Waals surface area contributed by atoms with Crippen molar-refractivity contribution in [3.8, 4) is 0 Å². The first-order chi connectivity index (χ1) is 12.2. The molecule has 2 N–H and O–H groups in total. The Labute approximate surface area is 155 Å². The number of hydrogen-bond acceptors (Lipinski definition) is 5. The molecule has 0 aliphatic heterocycles. The molecule has 0 bridgehead atoms. The van der Waals surface area contributed by atoms with Crippen molar-refractivity contribution in [2.45, 2.75) is 35.7 Å². The number of halogens is 3. The molecule has 1 aromatic carbocycles. The number of urea groups is 1. The quantitative estimate of drug-likeness (QED) is 0.639. The highest BCUT2D eigenvalue weighted by atomic mass is 32.2. The maximum absolute atomic E-state index is 13.0. The summed E-state index contributed by atoms with van der Waals surface area (Å²) in [7, 11) is -7.11. The van der Waals surface area contributed by atoms with Crippen LogP contribution in [0.25, 0.3) is 0 Å². The third-order valence-electron chi connectivity index (χ3n) is 3.36. The number of alkyl halides is 3. The highest BCUT2D eigenvalue weighted by Gasteiger charge is 2.36. The van der Waals surface area contributed by atoms with Gasteiger partial charge in [0.15, 0.2) is 0 Å². The van der Waals surface area contributed by atoms with Crippen LogP contribution in [0.2, 0.25) is 0 Å². The monoisotopic (exact) mass is 431 g/mol. The Morgan fingerprint density at radius 2 is 1.70 bits per heavy atom. The summed E-state index contributed by atoms with van der Waals surface area (Å²) in [6, 6.07) is 0.00489. The van der Waals surface area contributed by atoms with Gasteiger partial charge in [0.05, 0.1) is 5.56 Å². The second kappa shape index (κ2) is 8.44. The first-order valence-corrected chi connectivity index (χ1v) is 10.6. The Balaban J connectivity index is 3.46. The van der Waals surface area contributed by atoms with Gasteiger partial charge in [-0.05, 0) is 24.6 Å². The highest BCUT2D eigenvalue weighted by Crippen LogP contribution is 2.33. The van der Waals surface area contributed by atoms with E-state index in [9.17, 15) is 34.8 Å². The fourth-order valence-electron chi connectivity index (χ4n) is 1.90. The van der Waals surface area contributed by atoms with Crippen LogP contribution in [0, 0.1) is 0 Å². The summed E-state index contributed by atoms with van der Waals surface area (Å²) in [5.41, 5.74) is -1.37. The van der Waals surface area contributed by atoms with Gasteiger partial charge in [0.2, 0.25) is 10.0 Å². The van der Waals surface area contributed by atoms with Gasteiger partial charge in [-0.15, -0.1) is 0 Å². The fraction of sp³-hybridized carbons (Fsp3) is 0.500. The van der Waals surface area contributed by atoms with Crippen molar-refractivity contribution in [3.05, 3.63) is 23.8 Å². The van der Waals surface area contributed by atoms with E-state index in [2.05, 4.69) is 5.32 Å². The van der Waals surface area contributed by atoms with Crippen LogP contribution in [0.5, 0.6) is 0 Å². The summed E-state index contributed by atoms with van der Waals surface area (Å²) in [6.45, 7) is 1.97. The Morgan fingerprint density at radius 3 is 2.19 bits per heavy atom. The zero-order valence-corrected chi connectivity index (χ0v) is 16.4. The summed E-state index contributed by atoms with van der Waals surface area (Å²) in [6.07, 6.45) is -3.64. The van der Waals surface area contributed by atoms with Gasteiger partial charge in [0.1, 0.15) is 9.79 Å². The minimum atomic E-state index is -4.91. The SMILES string of the molecule is CCCCNC(=O)NS(=O)(=O)c1cc(C(F)(F)F)ccc1S(=O)(=O)N(C)C. The summed E-state index contributed by atoms with van der Waals surface area (Å²) in [4.78, 5) is 9.65. The molecule has 27 heavy (non-hydrogen) atoms. The number of hydrogen-bond donors (Lipinski definition) is 2. The largest absolute Gasteiger partial charge is 0.416 e. The Hall–Kier alpha value is -1.86. The average Bonchev–Trinajstić information content (AvgIpc) is 2.53. The van der Waals surface area contributed by atoms with E-state index in [4.69, 9.17) is 0 Å². The Bertz CT molecular complexity index is 897. The van der Waals surface area contributed by atoms with E-state index in [1.54, 1.807) is 0 Å². The molecule has 1 aromatic rings. The molecule has 0 heterocycles. The first-order valence-electron chi connectivity index (χ1n) is 7.68. The smallest absolute Gasteiger partial charge is 0.337 e. The zero-order valence-electron chi connectivity index (χ0n) is 14.8. The van der Waals surface area contributed by atoms with Crippen LogP contribution in [0.1, 0.15) is 25.3 Å². The van der Waals surface area contributed by atoms with Crippen molar-refractivity contribution in [1.82, 2.24) is 14.3 Å². The van der Waals surface area contributed by atoms with E-state index in [0.29, 0.717) is 29.3 Å². The zero-order chi connectivity index (χ0) is 21.0. The molecule has 0 fully saturated rings.